The van der Waals surface area contributed by atoms with Gasteiger partial charge in [0.1, 0.15) is 17.3 Å². The predicted molar refractivity (Wildman–Crippen MR) is 91.6 cm³/mol. The number of hydrogen-bond donors (Lipinski definition) is 2. The SMILES string of the molecule is Cc1ccc(CC[C@@H](C)NC(=O)N2CCCC[C@@H]2c2ncc[nH]2)o1. The van der Waals surface area contributed by atoms with Crippen molar-refractivity contribution in [1.29, 1.82) is 0 Å². The van der Waals surface area contributed by atoms with Crippen LogP contribution in [0, 0.1) is 6.92 Å². The van der Waals surface area contributed by atoms with E-state index >= 15 is 0 Å². The second kappa shape index (κ2) is 7.55. The van der Waals surface area contributed by atoms with Gasteiger partial charge in [-0.15, -0.1) is 0 Å². The first kappa shape index (κ1) is 16.6. The highest BCUT2D eigenvalue weighted by atomic mass is 16.3. The molecule has 0 radical (unpaired) electrons. The van der Waals surface area contributed by atoms with Gasteiger partial charge in [-0.05, 0) is 51.7 Å². The maximum absolute atomic E-state index is 12.7. The predicted octanol–water partition coefficient (Wildman–Crippen LogP) is 3.57. The van der Waals surface area contributed by atoms with E-state index < -0.39 is 0 Å². The van der Waals surface area contributed by atoms with Crippen molar-refractivity contribution in [2.75, 3.05) is 6.54 Å². The number of nitrogens with zero attached hydrogens (tertiary/aromatic N) is 2. The number of amides is 2. The van der Waals surface area contributed by atoms with Crippen LogP contribution in [0.15, 0.2) is 28.9 Å². The lowest BCUT2D eigenvalue weighted by Crippen LogP contribution is -2.47. The molecule has 2 atom stereocenters. The van der Waals surface area contributed by atoms with Gasteiger partial charge in [-0.1, -0.05) is 0 Å². The zero-order chi connectivity index (χ0) is 16.9. The minimum absolute atomic E-state index is 0.000717. The van der Waals surface area contributed by atoms with Gasteiger partial charge in [0.2, 0.25) is 0 Å². The molecule has 2 N–H and O–H groups in total. The van der Waals surface area contributed by atoms with Gasteiger partial charge in [-0.25, -0.2) is 9.78 Å². The Balaban J connectivity index is 1.54. The summed E-state index contributed by atoms with van der Waals surface area (Å²) in [5, 5.41) is 3.12. The molecule has 1 aliphatic rings. The second-order valence-electron chi connectivity index (χ2n) is 6.58. The highest BCUT2D eigenvalue weighted by Gasteiger charge is 2.30. The molecule has 3 heterocycles. The fourth-order valence-corrected chi connectivity index (χ4v) is 3.26. The largest absolute Gasteiger partial charge is 0.466 e. The van der Waals surface area contributed by atoms with Crippen LogP contribution in [0.2, 0.25) is 0 Å². The summed E-state index contributed by atoms with van der Waals surface area (Å²) in [4.78, 5) is 22.1. The molecule has 2 aromatic rings. The number of urea groups is 1. The lowest BCUT2D eigenvalue weighted by Gasteiger charge is -2.35. The summed E-state index contributed by atoms with van der Waals surface area (Å²) in [6.45, 7) is 4.76. The molecule has 6 nitrogen and oxygen atoms in total. The number of carbonyl (C=O) groups is 1. The van der Waals surface area contributed by atoms with Crippen LogP contribution in [-0.4, -0.2) is 33.5 Å². The van der Waals surface area contributed by atoms with Crippen molar-refractivity contribution < 1.29 is 9.21 Å². The Morgan fingerprint density at radius 3 is 3.08 bits per heavy atom. The molecule has 0 saturated carbocycles. The molecule has 0 unspecified atom stereocenters. The molecule has 1 aliphatic heterocycles. The summed E-state index contributed by atoms with van der Waals surface area (Å²) in [5.74, 6) is 2.78. The summed E-state index contributed by atoms with van der Waals surface area (Å²) in [6, 6.07) is 4.12. The van der Waals surface area contributed by atoms with Crippen molar-refractivity contribution in [3.8, 4) is 0 Å². The summed E-state index contributed by atoms with van der Waals surface area (Å²) < 4.78 is 5.59. The Morgan fingerprint density at radius 1 is 1.50 bits per heavy atom. The Labute approximate surface area is 142 Å². The van der Waals surface area contributed by atoms with Gasteiger partial charge in [-0.2, -0.15) is 0 Å². The minimum atomic E-state index is -0.000717. The first-order chi connectivity index (χ1) is 11.6. The van der Waals surface area contributed by atoms with E-state index in [4.69, 9.17) is 4.42 Å². The van der Waals surface area contributed by atoms with Crippen molar-refractivity contribution in [3.05, 3.63) is 41.9 Å². The molecule has 0 aliphatic carbocycles. The van der Waals surface area contributed by atoms with Crippen LogP contribution >= 0.6 is 0 Å². The number of aromatic nitrogens is 2. The fraction of sp³-hybridized carbons (Fsp3) is 0.556. The van der Waals surface area contributed by atoms with Gasteiger partial charge < -0.3 is 19.6 Å². The van der Waals surface area contributed by atoms with E-state index in [0.717, 1.165) is 56.0 Å². The number of imidazole rings is 1. The van der Waals surface area contributed by atoms with Crippen molar-refractivity contribution >= 4 is 6.03 Å². The lowest BCUT2D eigenvalue weighted by molar-refractivity contribution is 0.145. The fourth-order valence-electron chi connectivity index (χ4n) is 3.26. The minimum Gasteiger partial charge on any atom is -0.466 e. The van der Waals surface area contributed by atoms with Crippen LogP contribution in [0.3, 0.4) is 0 Å². The molecular formula is C18H26N4O2. The number of nitrogens with one attached hydrogen (secondary N) is 2. The number of aryl methyl sites for hydroxylation is 2. The van der Waals surface area contributed by atoms with Crippen molar-refractivity contribution in [2.24, 2.45) is 0 Å². The molecule has 0 aromatic carbocycles. The molecular weight excluding hydrogens is 304 g/mol. The highest BCUT2D eigenvalue weighted by molar-refractivity contribution is 5.75. The van der Waals surface area contributed by atoms with Gasteiger partial charge in [0, 0.05) is 31.4 Å². The zero-order valence-electron chi connectivity index (χ0n) is 14.4. The number of carbonyl (C=O) groups excluding carboxylic acids is 1. The first-order valence-corrected chi connectivity index (χ1v) is 8.75. The average molecular weight is 330 g/mol. The van der Waals surface area contributed by atoms with Crippen LogP contribution in [0.5, 0.6) is 0 Å². The van der Waals surface area contributed by atoms with Gasteiger partial charge in [0.15, 0.2) is 0 Å². The number of aromatic amines is 1. The van der Waals surface area contributed by atoms with E-state index in [1.807, 2.05) is 37.1 Å². The standard InChI is InChI=1S/C18H26N4O2/c1-13(6-8-15-9-7-14(2)24-15)21-18(23)22-12-4-3-5-16(22)17-19-10-11-20-17/h7,9-11,13,16H,3-6,8,12H2,1-2H3,(H,19,20)(H,21,23)/t13-,16-/m1/s1. The molecule has 130 valence electrons. The summed E-state index contributed by atoms with van der Waals surface area (Å²) in [7, 11) is 0. The summed E-state index contributed by atoms with van der Waals surface area (Å²) in [6.07, 6.45) is 8.38. The van der Waals surface area contributed by atoms with E-state index in [-0.39, 0.29) is 18.1 Å². The monoisotopic (exact) mass is 330 g/mol. The molecule has 24 heavy (non-hydrogen) atoms. The Bertz CT molecular complexity index is 650. The van der Waals surface area contributed by atoms with Crippen LogP contribution in [0.25, 0.3) is 0 Å². The average Bonchev–Trinajstić information content (AvgIpc) is 3.24. The van der Waals surface area contributed by atoms with Crippen LogP contribution in [-0.2, 0) is 6.42 Å². The normalized spacial score (nSPS) is 19.2. The maximum Gasteiger partial charge on any atom is 0.318 e. The van der Waals surface area contributed by atoms with Crippen LogP contribution in [0.4, 0.5) is 4.79 Å². The topological polar surface area (TPSA) is 74.2 Å². The van der Waals surface area contributed by atoms with Gasteiger partial charge in [0.05, 0.1) is 6.04 Å². The quantitative estimate of drug-likeness (QED) is 0.880. The van der Waals surface area contributed by atoms with E-state index in [9.17, 15) is 4.79 Å². The molecule has 2 amide bonds. The Hall–Kier alpha value is -2.24. The molecule has 1 saturated heterocycles. The van der Waals surface area contributed by atoms with E-state index in [1.165, 1.54) is 0 Å². The summed E-state index contributed by atoms with van der Waals surface area (Å²) in [5.41, 5.74) is 0. The second-order valence-corrected chi connectivity index (χ2v) is 6.58. The zero-order valence-corrected chi connectivity index (χ0v) is 14.4. The summed E-state index contributed by atoms with van der Waals surface area (Å²) >= 11 is 0. The maximum atomic E-state index is 12.7. The molecule has 0 bridgehead atoms. The first-order valence-electron chi connectivity index (χ1n) is 8.75. The number of piperidine rings is 1. The van der Waals surface area contributed by atoms with Crippen LogP contribution in [0.1, 0.15) is 56.0 Å². The van der Waals surface area contributed by atoms with Crippen molar-refractivity contribution in [3.63, 3.8) is 0 Å². The number of furan rings is 1. The van der Waals surface area contributed by atoms with Gasteiger partial charge in [0.25, 0.3) is 0 Å². The molecule has 2 aromatic heterocycles. The van der Waals surface area contributed by atoms with E-state index in [0.29, 0.717) is 0 Å². The number of hydrogen-bond acceptors (Lipinski definition) is 3. The third kappa shape index (κ3) is 3.99. The number of H-pyrrole nitrogens is 1. The smallest absolute Gasteiger partial charge is 0.318 e. The Kier molecular flexibility index (Phi) is 5.23. The number of rotatable bonds is 5. The van der Waals surface area contributed by atoms with Gasteiger partial charge in [-0.3, -0.25) is 0 Å². The lowest BCUT2D eigenvalue weighted by atomic mass is 10.0. The van der Waals surface area contributed by atoms with Gasteiger partial charge >= 0.3 is 6.03 Å². The van der Waals surface area contributed by atoms with Crippen molar-refractivity contribution in [1.82, 2.24) is 20.2 Å². The molecule has 6 heteroatoms. The Morgan fingerprint density at radius 2 is 2.38 bits per heavy atom. The number of likely N-dealkylation sites (tertiary alicyclic amines) is 1. The van der Waals surface area contributed by atoms with Crippen molar-refractivity contribution in [2.45, 2.75) is 58.0 Å². The molecule has 3 rings (SSSR count). The van der Waals surface area contributed by atoms with Crippen LogP contribution < -0.4 is 5.32 Å². The van der Waals surface area contributed by atoms with E-state index in [2.05, 4.69) is 15.3 Å². The molecule has 1 fully saturated rings. The van der Waals surface area contributed by atoms with E-state index in [1.54, 1.807) is 6.20 Å². The highest BCUT2D eigenvalue weighted by Crippen LogP contribution is 2.28. The third-order valence-electron chi connectivity index (χ3n) is 4.59. The molecule has 0 spiro atoms. The third-order valence-corrected chi connectivity index (χ3v) is 4.59.